The molecule has 0 unspecified atom stereocenters. The Bertz CT molecular complexity index is 558. The second kappa shape index (κ2) is 4.05. The van der Waals surface area contributed by atoms with Gasteiger partial charge in [-0.3, -0.25) is 4.98 Å². The molecule has 0 spiro atoms. The average molecular weight is 227 g/mol. The van der Waals surface area contributed by atoms with E-state index in [-0.39, 0.29) is 6.03 Å². The van der Waals surface area contributed by atoms with Crippen LogP contribution >= 0.6 is 0 Å². The van der Waals surface area contributed by atoms with Crippen LogP contribution in [0.3, 0.4) is 0 Å². The van der Waals surface area contributed by atoms with Crippen molar-refractivity contribution in [1.29, 1.82) is 0 Å². The van der Waals surface area contributed by atoms with Gasteiger partial charge in [0.2, 0.25) is 0 Å². The second-order valence-electron chi connectivity index (χ2n) is 4.25. The number of carbonyl (C=O) groups excluding carboxylic acids is 1. The number of carbonyl (C=O) groups is 1. The third-order valence-electron chi connectivity index (χ3n) is 2.79. The van der Waals surface area contributed by atoms with Crippen LogP contribution in [0.15, 0.2) is 36.5 Å². The highest BCUT2D eigenvalue weighted by Crippen LogP contribution is 2.22. The van der Waals surface area contributed by atoms with E-state index in [9.17, 15) is 4.79 Å². The van der Waals surface area contributed by atoms with E-state index in [2.05, 4.69) is 15.6 Å². The normalized spacial score (nSPS) is 14.6. The average Bonchev–Trinajstić information content (AvgIpc) is 3.13. The number of nitrogens with one attached hydrogen (secondary N) is 2. The molecule has 4 heteroatoms. The van der Waals surface area contributed by atoms with Crippen LogP contribution in [-0.2, 0) is 0 Å². The zero-order chi connectivity index (χ0) is 11.7. The van der Waals surface area contributed by atoms with E-state index in [4.69, 9.17) is 0 Å². The first kappa shape index (κ1) is 10.1. The molecule has 0 bridgehead atoms. The molecular formula is C13H13N3O. The van der Waals surface area contributed by atoms with Crippen LogP contribution in [0, 0.1) is 0 Å². The van der Waals surface area contributed by atoms with Crippen molar-refractivity contribution in [1.82, 2.24) is 10.3 Å². The van der Waals surface area contributed by atoms with Crippen molar-refractivity contribution in [3.63, 3.8) is 0 Å². The Morgan fingerprint density at radius 1 is 1.24 bits per heavy atom. The number of benzene rings is 1. The summed E-state index contributed by atoms with van der Waals surface area (Å²) in [6.45, 7) is 0. The number of anilines is 1. The fraction of sp³-hybridized carbons (Fsp3) is 0.231. The molecule has 1 aromatic heterocycles. The SMILES string of the molecule is O=C(Nc1cccc2cccnc12)NC1CC1. The number of fused-ring (bicyclic) bond motifs is 1. The van der Waals surface area contributed by atoms with Crippen LogP contribution in [-0.4, -0.2) is 17.1 Å². The first-order chi connectivity index (χ1) is 8.33. The standard InChI is InChI=1S/C13H13N3O/c17-13(15-10-6-7-10)16-11-5-1-3-9-4-2-8-14-12(9)11/h1-5,8,10H,6-7H2,(H2,15,16,17). The molecule has 0 saturated heterocycles. The largest absolute Gasteiger partial charge is 0.335 e. The van der Waals surface area contributed by atoms with E-state index in [1.54, 1.807) is 6.20 Å². The summed E-state index contributed by atoms with van der Waals surface area (Å²) in [6.07, 6.45) is 3.90. The molecule has 3 rings (SSSR count). The van der Waals surface area contributed by atoms with Gasteiger partial charge in [0, 0.05) is 17.6 Å². The van der Waals surface area contributed by atoms with Gasteiger partial charge in [0.1, 0.15) is 0 Å². The Balaban J connectivity index is 1.86. The highest BCUT2D eigenvalue weighted by Gasteiger charge is 2.23. The van der Waals surface area contributed by atoms with Crippen LogP contribution in [0.2, 0.25) is 0 Å². The number of amides is 2. The molecule has 2 N–H and O–H groups in total. The smallest absolute Gasteiger partial charge is 0.319 e. The van der Waals surface area contributed by atoms with E-state index >= 15 is 0 Å². The maximum absolute atomic E-state index is 11.7. The van der Waals surface area contributed by atoms with Gasteiger partial charge in [0.25, 0.3) is 0 Å². The summed E-state index contributed by atoms with van der Waals surface area (Å²) in [5.41, 5.74) is 1.57. The lowest BCUT2D eigenvalue weighted by Crippen LogP contribution is -2.30. The maximum Gasteiger partial charge on any atom is 0.319 e. The third-order valence-corrected chi connectivity index (χ3v) is 2.79. The fourth-order valence-corrected chi connectivity index (χ4v) is 1.78. The Hall–Kier alpha value is -2.10. The number of aromatic nitrogens is 1. The molecule has 1 saturated carbocycles. The van der Waals surface area contributed by atoms with Crippen LogP contribution < -0.4 is 10.6 Å². The summed E-state index contributed by atoms with van der Waals surface area (Å²) in [6, 6.07) is 9.83. The lowest BCUT2D eigenvalue weighted by Gasteiger charge is -2.08. The number of nitrogens with zero attached hydrogens (tertiary/aromatic N) is 1. The molecule has 2 aromatic rings. The first-order valence-corrected chi connectivity index (χ1v) is 5.74. The summed E-state index contributed by atoms with van der Waals surface area (Å²) in [5, 5.41) is 6.76. The van der Waals surface area contributed by atoms with Crippen LogP contribution in [0.4, 0.5) is 10.5 Å². The zero-order valence-corrected chi connectivity index (χ0v) is 9.31. The van der Waals surface area contributed by atoms with Crippen molar-refractivity contribution in [3.8, 4) is 0 Å². The molecule has 0 aliphatic heterocycles. The minimum Gasteiger partial charge on any atom is -0.335 e. The van der Waals surface area contributed by atoms with Crippen LogP contribution in [0.25, 0.3) is 10.9 Å². The lowest BCUT2D eigenvalue weighted by atomic mass is 10.2. The molecule has 1 aromatic carbocycles. The molecule has 17 heavy (non-hydrogen) atoms. The van der Waals surface area contributed by atoms with E-state index in [0.29, 0.717) is 6.04 Å². The summed E-state index contributed by atoms with van der Waals surface area (Å²) in [5.74, 6) is 0. The van der Waals surface area contributed by atoms with Gasteiger partial charge in [0.05, 0.1) is 11.2 Å². The number of pyridine rings is 1. The minimum absolute atomic E-state index is 0.148. The van der Waals surface area contributed by atoms with Crippen molar-refractivity contribution in [2.24, 2.45) is 0 Å². The number of para-hydroxylation sites is 1. The molecule has 1 heterocycles. The predicted molar refractivity (Wildman–Crippen MR) is 66.9 cm³/mol. The van der Waals surface area contributed by atoms with Gasteiger partial charge >= 0.3 is 6.03 Å². The van der Waals surface area contributed by atoms with Gasteiger partial charge in [-0.05, 0) is 25.0 Å². The molecular weight excluding hydrogens is 214 g/mol. The van der Waals surface area contributed by atoms with E-state index in [1.165, 1.54) is 0 Å². The van der Waals surface area contributed by atoms with Crippen molar-refractivity contribution in [2.75, 3.05) is 5.32 Å². The van der Waals surface area contributed by atoms with Crippen molar-refractivity contribution < 1.29 is 4.79 Å². The van der Waals surface area contributed by atoms with Crippen molar-refractivity contribution in [3.05, 3.63) is 36.5 Å². The maximum atomic E-state index is 11.7. The van der Waals surface area contributed by atoms with Crippen molar-refractivity contribution >= 4 is 22.6 Å². The van der Waals surface area contributed by atoms with Crippen LogP contribution in [0.5, 0.6) is 0 Å². The van der Waals surface area contributed by atoms with E-state index in [1.807, 2.05) is 30.3 Å². The lowest BCUT2D eigenvalue weighted by molar-refractivity contribution is 0.252. The monoisotopic (exact) mass is 227 g/mol. The molecule has 1 fully saturated rings. The number of hydrogen-bond acceptors (Lipinski definition) is 2. The zero-order valence-electron chi connectivity index (χ0n) is 9.31. The Kier molecular flexibility index (Phi) is 2.40. The number of hydrogen-bond donors (Lipinski definition) is 2. The summed E-state index contributed by atoms with van der Waals surface area (Å²) < 4.78 is 0. The number of rotatable bonds is 2. The Morgan fingerprint density at radius 2 is 2.06 bits per heavy atom. The molecule has 4 nitrogen and oxygen atoms in total. The predicted octanol–water partition coefficient (Wildman–Crippen LogP) is 2.52. The van der Waals surface area contributed by atoms with E-state index < -0.39 is 0 Å². The Morgan fingerprint density at radius 3 is 2.88 bits per heavy atom. The highest BCUT2D eigenvalue weighted by molar-refractivity contribution is 5.99. The summed E-state index contributed by atoms with van der Waals surface area (Å²) in [7, 11) is 0. The second-order valence-corrected chi connectivity index (χ2v) is 4.25. The van der Waals surface area contributed by atoms with Gasteiger partial charge in [-0.15, -0.1) is 0 Å². The minimum atomic E-state index is -0.148. The molecule has 1 aliphatic rings. The number of urea groups is 1. The molecule has 1 aliphatic carbocycles. The molecule has 0 radical (unpaired) electrons. The first-order valence-electron chi connectivity index (χ1n) is 5.74. The van der Waals surface area contributed by atoms with Crippen LogP contribution in [0.1, 0.15) is 12.8 Å². The van der Waals surface area contributed by atoms with Gasteiger partial charge < -0.3 is 10.6 Å². The van der Waals surface area contributed by atoms with Gasteiger partial charge in [0.15, 0.2) is 0 Å². The van der Waals surface area contributed by atoms with E-state index in [0.717, 1.165) is 29.4 Å². The highest BCUT2D eigenvalue weighted by atomic mass is 16.2. The fourth-order valence-electron chi connectivity index (χ4n) is 1.78. The summed E-state index contributed by atoms with van der Waals surface area (Å²) >= 11 is 0. The van der Waals surface area contributed by atoms with Gasteiger partial charge in [-0.2, -0.15) is 0 Å². The Labute approximate surface area is 99.0 Å². The third kappa shape index (κ3) is 2.20. The van der Waals surface area contributed by atoms with Gasteiger partial charge in [-0.25, -0.2) is 4.79 Å². The molecule has 86 valence electrons. The topological polar surface area (TPSA) is 54.0 Å². The summed E-state index contributed by atoms with van der Waals surface area (Å²) in [4.78, 5) is 15.9. The molecule has 2 amide bonds. The quantitative estimate of drug-likeness (QED) is 0.828. The van der Waals surface area contributed by atoms with Gasteiger partial charge in [-0.1, -0.05) is 18.2 Å². The molecule has 0 atom stereocenters. The van der Waals surface area contributed by atoms with Crippen molar-refractivity contribution in [2.45, 2.75) is 18.9 Å².